The third-order valence-electron chi connectivity index (χ3n) is 2.69. The molecule has 0 heterocycles. The second-order valence-corrected chi connectivity index (χ2v) is 5.27. The minimum absolute atomic E-state index is 0. The SMILES string of the molecule is O/C(C=[NH+]c1ccc(Cl)cc1)=C\C=C\Nc1ccc(Cl)cc1.[Cl-]. The van der Waals surface area contributed by atoms with Crippen molar-refractivity contribution in [2.24, 2.45) is 0 Å². The maximum absolute atomic E-state index is 9.72. The molecule has 0 fully saturated rings. The van der Waals surface area contributed by atoms with Crippen LogP contribution >= 0.6 is 23.2 Å². The number of rotatable bonds is 5. The number of nitrogens with one attached hydrogen (secondary N) is 2. The summed E-state index contributed by atoms with van der Waals surface area (Å²) in [5.74, 6) is 0.101. The zero-order valence-electron chi connectivity index (χ0n) is 12.0. The second-order valence-electron chi connectivity index (χ2n) is 4.40. The molecule has 0 saturated carbocycles. The van der Waals surface area contributed by atoms with Crippen molar-refractivity contribution in [3.05, 3.63) is 82.7 Å². The van der Waals surface area contributed by atoms with Crippen molar-refractivity contribution < 1.29 is 22.5 Å². The van der Waals surface area contributed by atoms with Gasteiger partial charge >= 0.3 is 0 Å². The second kappa shape index (κ2) is 9.95. The lowest BCUT2D eigenvalue weighted by atomic mass is 10.3. The predicted molar refractivity (Wildman–Crippen MR) is 93.1 cm³/mol. The molecule has 0 aliphatic carbocycles. The molecule has 2 aromatic rings. The van der Waals surface area contributed by atoms with E-state index in [9.17, 15) is 5.11 Å². The molecule has 3 nitrogen and oxygen atoms in total. The largest absolute Gasteiger partial charge is 1.00 e. The number of hydrogen-bond acceptors (Lipinski definition) is 2. The summed E-state index contributed by atoms with van der Waals surface area (Å²) in [4.78, 5) is 2.97. The monoisotopic (exact) mass is 368 g/mol. The first-order chi connectivity index (χ1) is 10.6. The van der Waals surface area contributed by atoms with Crippen LogP contribution in [0.2, 0.25) is 10.0 Å². The van der Waals surface area contributed by atoms with Gasteiger partial charge < -0.3 is 22.8 Å². The van der Waals surface area contributed by atoms with Crippen molar-refractivity contribution >= 4 is 40.8 Å². The van der Waals surface area contributed by atoms with Crippen LogP contribution in [0.15, 0.2) is 72.6 Å². The summed E-state index contributed by atoms with van der Waals surface area (Å²) in [6, 6.07) is 14.5. The Morgan fingerprint density at radius 1 is 0.957 bits per heavy atom. The quantitative estimate of drug-likeness (QED) is 0.416. The van der Waals surface area contributed by atoms with Gasteiger partial charge in [-0.25, -0.2) is 4.99 Å². The molecule has 0 saturated heterocycles. The van der Waals surface area contributed by atoms with Gasteiger partial charge in [0.25, 0.3) is 0 Å². The molecule has 0 spiro atoms. The van der Waals surface area contributed by atoms with E-state index in [4.69, 9.17) is 23.2 Å². The van der Waals surface area contributed by atoms with Gasteiger partial charge in [0, 0.05) is 34.1 Å². The van der Waals surface area contributed by atoms with Crippen LogP contribution < -0.4 is 22.7 Å². The van der Waals surface area contributed by atoms with Crippen LogP contribution in [0, 0.1) is 0 Å². The number of benzene rings is 2. The van der Waals surface area contributed by atoms with E-state index in [0.717, 1.165) is 11.4 Å². The van der Waals surface area contributed by atoms with Crippen molar-refractivity contribution in [2.75, 3.05) is 5.32 Å². The fourth-order valence-electron chi connectivity index (χ4n) is 1.59. The third kappa shape index (κ3) is 7.24. The molecular formula is C17H15Cl3N2O. The molecule has 0 atom stereocenters. The minimum Gasteiger partial charge on any atom is -1.00 e. The highest BCUT2D eigenvalue weighted by molar-refractivity contribution is 6.30. The Morgan fingerprint density at radius 2 is 1.52 bits per heavy atom. The van der Waals surface area contributed by atoms with Crippen LogP contribution in [0.1, 0.15) is 0 Å². The molecule has 23 heavy (non-hydrogen) atoms. The average molecular weight is 370 g/mol. The molecule has 0 radical (unpaired) electrons. The Morgan fingerprint density at radius 3 is 2.13 bits per heavy atom. The normalized spacial score (nSPS) is 11.7. The fourth-order valence-corrected chi connectivity index (χ4v) is 1.84. The Balaban J connectivity index is 0.00000264. The summed E-state index contributed by atoms with van der Waals surface area (Å²) >= 11 is 11.6. The van der Waals surface area contributed by atoms with Crippen molar-refractivity contribution in [3.8, 4) is 0 Å². The van der Waals surface area contributed by atoms with Crippen molar-refractivity contribution in [1.29, 1.82) is 0 Å². The molecule has 0 amide bonds. The maximum atomic E-state index is 9.72. The minimum atomic E-state index is 0. The molecule has 3 N–H and O–H groups in total. The van der Waals surface area contributed by atoms with Crippen LogP contribution in [-0.4, -0.2) is 11.3 Å². The van der Waals surface area contributed by atoms with E-state index in [2.05, 4.69) is 10.3 Å². The molecule has 0 unspecified atom stereocenters. The molecule has 0 bridgehead atoms. The topological polar surface area (TPSA) is 46.2 Å². The van der Waals surface area contributed by atoms with Gasteiger partial charge in [0.1, 0.15) is 0 Å². The van der Waals surface area contributed by atoms with Crippen molar-refractivity contribution in [2.45, 2.75) is 0 Å². The summed E-state index contributed by atoms with van der Waals surface area (Å²) < 4.78 is 0. The summed E-state index contributed by atoms with van der Waals surface area (Å²) in [5, 5.41) is 14.1. The van der Waals surface area contributed by atoms with E-state index in [1.807, 2.05) is 24.3 Å². The molecule has 0 aromatic heterocycles. The van der Waals surface area contributed by atoms with Gasteiger partial charge in [-0.1, -0.05) is 23.2 Å². The molecule has 0 aliphatic heterocycles. The van der Waals surface area contributed by atoms with Crippen LogP contribution in [-0.2, 0) is 0 Å². The number of aliphatic hydroxyl groups excluding tert-OH is 1. The first kappa shape index (κ1) is 19.1. The Kier molecular flexibility index (Phi) is 8.27. The standard InChI is InChI=1S/C17H14Cl2N2O.ClH/c18-13-3-7-15(8-4-13)20-11-1-2-17(22)12-21-16-9-5-14(19)6-10-16;/h1-12,20,22H;1H/b11-1+,17-2-,21-12?;. The van der Waals surface area contributed by atoms with Gasteiger partial charge in [0.15, 0.2) is 5.76 Å². The molecule has 2 aromatic carbocycles. The van der Waals surface area contributed by atoms with E-state index >= 15 is 0 Å². The summed E-state index contributed by atoms with van der Waals surface area (Å²) in [6.45, 7) is 0. The van der Waals surface area contributed by atoms with Gasteiger partial charge in [-0.05, 0) is 48.6 Å². The Bertz CT molecular complexity index is 693. The lowest BCUT2D eigenvalue weighted by Gasteiger charge is -1.98. The smallest absolute Gasteiger partial charge is 0.209 e. The number of anilines is 1. The lowest BCUT2D eigenvalue weighted by Crippen LogP contribution is -3.00. The van der Waals surface area contributed by atoms with E-state index in [-0.39, 0.29) is 18.2 Å². The van der Waals surface area contributed by atoms with E-state index in [0.29, 0.717) is 10.0 Å². The van der Waals surface area contributed by atoms with Gasteiger partial charge in [0.05, 0.1) is 0 Å². The Hall–Kier alpha value is -1.94. The molecular weight excluding hydrogens is 355 g/mol. The zero-order chi connectivity index (χ0) is 15.8. The zero-order valence-corrected chi connectivity index (χ0v) is 14.3. The van der Waals surface area contributed by atoms with Crippen molar-refractivity contribution in [1.82, 2.24) is 0 Å². The first-order valence-corrected chi connectivity index (χ1v) is 7.32. The molecule has 120 valence electrons. The summed E-state index contributed by atoms with van der Waals surface area (Å²) in [5.41, 5.74) is 1.75. The van der Waals surface area contributed by atoms with E-state index in [1.54, 1.807) is 42.6 Å². The van der Waals surface area contributed by atoms with Crippen LogP contribution in [0.3, 0.4) is 0 Å². The highest BCUT2D eigenvalue weighted by Gasteiger charge is 1.95. The molecule has 0 aliphatic rings. The average Bonchev–Trinajstić information content (AvgIpc) is 2.53. The number of allylic oxidation sites excluding steroid dienone is 3. The van der Waals surface area contributed by atoms with Crippen LogP contribution in [0.5, 0.6) is 0 Å². The van der Waals surface area contributed by atoms with Gasteiger partial charge in [-0.15, -0.1) is 0 Å². The molecule has 6 heteroatoms. The third-order valence-corrected chi connectivity index (χ3v) is 3.19. The summed E-state index contributed by atoms with van der Waals surface area (Å²) in [6.07, 6.45) is 6.47. The van der Waals surface area contributed by atoms with Crippen molar-refractivity contribution in [3.63, 3.8) is 0 Å². The molecule has 2 rings (SSSR count). The predicted octanol–water partition coefficient (Wildman–Crippen LogP) is 0.848. The van der Waals surface area contributed by atoms with Gasteiger partial charge in [-0.2, -0.15) is 0 Å². The first-order valence-electron chi connectivity index (χ1n) is 6.57. The van der Waals surface area contributed by atoms with Gasteiger partial charge in [0.2, 0.25) is 11.9 Å². The summed E-state index contributed by atoms with van der Waals surface area (Å²) in [7, 11) is 0. The van der Waals surface area contributed by atoms with Crippen LogP contribution in [0.25, 0.3) is 0 Å². The van der Waals surface area contributed by atoms with E-state index < -0.39 is 0 Å². The highest BCUT2D eigenvalue weighted by atomic mass is 35.5. The number of aliphatic hydroxyl groups is 1. The highest BCUT2D eigenvalue weighted by Crippen LogP contribution is 2.13. The Labute approximate surface area is 151 Å². The number of hydrogen-bond donors (Lipinski definition) is 3. The van der Waals surface area contributed by atoms with Crippen LogP contribution in [0.4, 0.5) is 11.4 Å². The lowest BCUT2D eigenvalue weighted by molar-refractivity contribution is -0.348. The fraction of sp³-hybridized carbons (Fsp3) is 0. The van der Waals surface area contributed by atoms with Gasteiger partial charge in [-0.3, -0.25) is 0 Å². The maximum Gasteiger partial charge on any atom is 0.209 e. The van der Waals surface area contributed by atoms with E-state index in [1.165, 1.54) is 6.21 Å². The number of halogens is 3.